The van der Waals surface area contributed by atoms with E-state index in [1.165, 1.54) is 5.56 Å². The van der Waals surface area contributed by atoms with Gasteiger partial charge in [-0.05, 0) is 49.4 Å². The summed E-state index contributed by atoms with van der Waals surface area (Å²) in [4.78, 5) is 4.22. The quantitative estimate of drug-likeness (QED) is 0.748. The predicted molar refractivity (Wildman–Crippen MR) is 104 cm³/mol. The smallest absolute Gasteiger partial charge is 0.143 e. The van der Waals surface area contributed by atoms with Crippen LogP contribution in [0.3, 0.4) is 0 Å². The average Bonchev–Trinajstić information content (AvgIpc) is 2.58. The van der Waals surface area contributed by atoms with Gasteiger partial charge >= 0.3 is 0 Å². The van der Waals surface area contributed by atoms with Crippen LogP contribution in [0.5, 0.6) is 5.75 Å². The van der Waals surface area contributed by atoms with Gasteiger partial charge in [-0.3, -0.25) is 4.90 Å². The van der Waals surface area contributed by atoms with Gasteiger partial charge in [-0.15, -0.1) is 0 Å². The van der Waals surface area contributed by atoms with Gasteiger partial charge in [0.1, 0.15) is 12.4 Å². The monoisotopic (exact) mass is 357 g/mol. The van der Waals surface area contributed by atoms with E-state index in [1.807, 2.05) is 62.3 Å². The van der Waals surface area contributed by atoms with E-state index >= 15 is 0 Å². The summed E-state index contributed by atoms with van der Waals surface area (Å²) >= 11 is 6.22. The molecule has 0 aliphatic carbocycles. The van der Waals surface area contributed by atoms with E-state index in [0.29, 0.717) is 12.2 Å². The van der Waals surface area contributed by atoms with Crippen LogP contribution in [0.25, 0.3) is 0 Å². The number of nitrogens with zero attached hydrogens (tertiary/aromatic N) is 3. The normalized spacial score (nSPS) is 10.6. The molecule has 0 radical (unpaired) electrons. The zero-order valence-corrected chi connectivity index (χ0v) is 16.0. The first-order valence-corrected chi connectivity index (χ1v) is 8.57. The molecule has 0 unspecified atom stereocenters. The molecule has 0 amide bonds. The van der Waals surface area contributed by atoms with Gasteiger partial charge in [0.15, 0.2) is 0 Å². The maximum atomic E-state index is 8.84. The summed E-state index contributed by atoms with van der Waals surface area (Å²) in [6.45, 7) is 4.21. The molecule has 0 saturated heterocycles. The number of hydrogen-bond donors (Lipinski definition) is 0. The molecule has 0 N–H and O–H groups in total. The number of hydrogen-bond acceptors (Lipinski definition) is 4. The van der Waals surface area contributed by atoms with Crippen molar-refractivity contribution in [3.8, 4) is 11.8 Å². The molecule has 0 saturated carbocycles. The van der Waals surface area contributed by atoms with Crippen LogP contribution in [0.4, 0.5) is 5.69 Å². The van der Waals surface area contributed by atoms with E-state index in [1.54, 1.807) is 0 Å². The van der Waals surface area contributed by atoms with Crippen molar-refractivity contribution < 1.29 is 4.74 Å². The molecule has 0 fully saturated rings. The third kappa shape index (κ3) is 5.12. The van der Waals surface area contributed by atoms with Crippen molar-refractivity contribution in [2.24, 2.45) is 0 Å². The number of likely N-dealkylation sites (N-methyl/N-ethyl adjacent to an activating group) is 1. The Bertz CT molecular complexity index is 751. The second kappa shape index (κ2) is 8.75. The number of rotatable bonds is 7. The number of halogens is 1. The lowest BCUT2D eigenvalue weighted by atomic mass is 10.1. The van der Waals surface area contributed by atoms with Crippen molar-refractivity contribution in [2.75, 3.05) is 39.2 Å². The Morgan fingerprint density at radius 1 is 1.08 bits per heavy atom. The molecule has 132 valence electrons. The first-order chi connectivity index (χ1) is 11.9. The minimum absolute atomic E-state index is 0.592. The molecular weight excluding hydrogens is 334 g/mol. The first kappa shape index (κ1) is 19.1. The van der Waals surface area contributed by atoms with E-state index in [9.17, 15) is 0 Å². The number of anilines is 1. The summed E-state index contributed by atoms with van der Waals surface area (Å²) in [5.74, 6) is 0.846. The fraction of sp³-hybridized carbons (Fsp3) is 0.350. The highest BCUT2D eigenvalue weighted by Crippen LogP contribution is 2.35. The van der Waals surface area contributed by atoms with Gasteiger partial charge in [-0.2, -0.15) is 5.26 Å². The Balaban J connectivity index is 1.92. The Morgan fingerprint density at radius 3 is 2.36 bits per heavy atom. The molecule has 0 aliphatic heterocycles. The highest BCUT2D eigenvalue weighted by atomic mass is 35.5. The maximum Gasteiger partial charge on any atom is 0.143 e. The van der Waals surface area contributed by atoms with Gasteiger partial charge in [0, 0.05) is 32.2 Å². The van der Waals surface area contributed by atoms with Crippen molar-refractivity contribution in [1.82, 2.24) is 4.90 Å². The summed E-state index contributed by atoms with van der Waals surface area (Å²) in [6, 6.07) is 13.6. The van der Waals surface area contributed by atoms with E-state index in [-0.39, 0.29) is 0 Å². The molecule has 0 bridgehead atoms. The van der Waals surface area contributed by atoms with Gasteiger partial charge in [-0.1, -0.05) is 23.7 Å². The van der Waals surface area contributed by atoms with E-state index < -0.39 is 0 Å². The van der Waals surface area contributed by atoms with Crippen LogP contribution in [0.15, 0.2) is 36.4 Å². The summed E-state index contributed by atoms with van der Waals surface area (Å²) < 4.78 is 5.99. The number of benzene rings is 2. The lowest BCUT2D eigenvalue weighted by Gasteiger charge is -2.22. The van der Waals surface area contributed by atoms with Gasteiger partial charge in [-0.25, -0.2) is 0 Å². The summed E-state index contributed by atoms with van der Waals surface area (Å²) in [7, 11) is 6.03. The Morgan fingerprint density at radius 2 is 1.76 bits per heavy atom. The molecule has 2 aromatic carbocycles. The highest BCUT2D eigenvalue weighted by molar-refractivity contribution is 6.31. The Labute approximate surface area is 155 Å². The minimum Gasteiger partial charge on any atom is -0.490 e. The van der Waals surface area contributed by atoms with Crippen LogP contribution in [0.1, 0.15) is 16.7 Å². The van der Waals surface area contributed by atoms with Crippen molar-refractivity contribution in [3.05, 3.63) is 58.1 Å². The lowest BCUT2D eigenvalue weighted by Crippen LogP contribution is -2.24. The summed E-state index contributed by atoms with van der Waals surface area (Å²) in [6.07, 6.45) is 0. The topological polar surface area (TPSA) is 39.5 Å². The zero-order chi connectivity index (χ0) is 18.4. The number of ether oxygens (including phenoxy) is 1. The molecule has 2 rings (SSSR count). The second-order valence-electron chi connectivity index (χ2n) is 6.31. The molecule has 4 nitrogen and oxygen atoms in total. The van der Waals surface area contributed by atoms with Crippen molar-refractivity contribution in [3.63, 3.8) is 0 Å². The zero-order valence-electron chi connectivity index (χ0n) is 15.2. The number of nitriles is 1. The first-order valence-electron chi connectivity index (χ1n) is 8.19. The molecule has 0 atom stereocenters. The molecular formula is C20H24ClN3O. The van der Waals surface area contributed by atoms with Crippen LogP contribution in [-0.2, 0) is 6.54 Å². The molecule has 0 aliphatic rings. The van der Waals surface area contributed by atoms with Crippen LogP contribution >= 0.6 is 11.6 Å². The van der Waals surface area contributed by atoms with Crippen molar-refractivity contribution >= 4 is 17.3 Å². The highest BCUT2D eigenvalue weighted by Gasteiger charge is 2.12. The largest absolute Gasteiger partial charge is 0.490 e. The van der Waals surface area contributed by atoms with E-state index in [2.05, 4.69) is 18.0 Å². The summed E-state index contributed by atoms with van der Waals surface area (Å²) in [5.41, 5.74) is 3.90. The summed E-state index contributed by atoms with van der Waals surface area (Å²) in [5, 5.41) is 9.59. The molecule has 5 heteroatoms. The average molecular weight is 358 g/mol. The SMILES string of the molecule is Cc1c(Cl)ccc(OCCN(C)Cc2ccc(C#N)cc2)c1N(C)C. The van der Waals surface area contributed by atoms with E-state index in [0.717, 1.165) is 35.1 Å². The van der Waals surface area contributed by atoms with Crippen LogP contribution in [0.2, 0.25) is 5.02 Å². The maximum absolute atomic E-state index is 8.84. The fourth-order valence-corrected chi connectivity index (χ4v) is 2.86. The molecule has 25 heavy (non-hydrogen) atoms. The third-order valence-corrected chi connectivity index (χ3v) is 4.45. The second-order valence-corrected chi connectivity index (χ2v) is 6.72. The van der Waals surface area contributed by atoms with Crippen LogP contribution in [0, 0.1) is 18.3 Å². The van der Waals surface area contributed by atoms with Gasteiger partial charge < -0.3 is 9.64 Å². The molecule has 0 aromatic heterocycles. The minimum atomic E-state index is 0.592. The standard InChI is InChI=1S/C20H24ClN3O/c1-15-18(21)9-10-19(20(15)23(2)3)25-12-11-24(4)14-17-7-5-16(13-22)6-8-17/h5-10H,11-12,14H2,1-4H3. The molecule has 0 spiro atoms. The van der Waals surface area contributed by atoms with Crippen LogP contribution < -0.4 is 9.64 Å². The Hall–Kier alpha value is -2.22. The lowest BCUT2D eigenvalue weighted by molar-refractivity contribution is 0.233. The van der Waals surface area contributed by atoms with E-state index in [4.69, 9.17) is 21.6 Å². The van der Waals surface area contributed by atoms with Crippen LogP contribution in [-0.4, -0.2) is 39.2 Å². The Kier molecular flexibility index (Phi) is 6.69. The fourth-order valence-electron chi connectivity index (χ4n) is 2.71. The third-order valence-electron chi connectivity index (χ3n) is 4.04. The van der Waals surface area contributed by atoms with Crippen molar-refractivity contribution in [2.45, 2.75) is 13.5 Å². The molecule has 0 heterocycles. The van der Waals surface area contributed by atoms with Gasteiger partial charge in [0.05, 0.1) is 17.3 Å². The van der Waals surface area contributed by atoms with Crippen molar-refractivity contribution in [1.29, 1.82) is 5.26 Å². The van der Waals surface area contributed by atoms with Gasteiger partial charge in [0.2, 0.25) is 0 Å². The van der Waals surface area contributed by atoms with Gasteiger partial charge in [0.25, 0.3) is 0 Å². The predicted octanol–water partition coefficient (Wildman–Crippen LogP) is 4.10. The molecule has 2 aromatic rings.